The molecule has 0 N–H and O–H groups in total. The van der Waals surface area contributed by atoms with Gasteiger partial charge in [0, 0.05) is 0 Å². The van der Waals surface area contributed by atoms with Crippen LogP contribution in [0.25, 0.3) is 0 Å². The van der Waals surface area contributed by atoms with Crippen molar-refractivity contribution in [3.05, 3.63) is 57.6 Å². The predicted octanol–water partition coefficient (Wildman–Crippen LogP) is 5.33. The average molecular weight is 391 g/mol. The Labute approximate surface area is 173 Å². The molecular weight excluding hydrogens is 360 g/mol. The third-order valence-corrected chi connectivity index (χ3v) is 5.12. The van der Waals surface area contributed by atoms with Crippen molar-refractivity contribution in [1.29, 1.82) is 0 Å². The molecule has 0 atom stereocenters. The number of rotatable bonds is 10. The van der Waals surface area contributed by atoms with Crippen molar-refractivity contribution in [1.82, 2.24) is 0 Å². The number of hydrogen-bond acceptors (Lipinski definition) is 4. The molecule has 0 spiro atoms. The highest BCUT2D eigenvalue weighted by Gasteiger charge is 2.12. The van der Waals surface area contributed by atoms with E-state index >= 15 is 0 Å². The van der Waals surface area contributed by atoms with Gasteiger partial charge in [0.05, 0.1) is 23.8 Å². The van der Waals surface area contributed by atoms with Crippen LogP contribution in [0.1, 0.15) is 61.1 Å². The highest BCUT2D eigenvalue weighted by atomic mass is 16.1. The molecule has 29 heavy (non-hydrogen) atoms. The number of aldehydes is 2. The minimum atomic E-state index is 0.722. The molecule has 0 aromatic heterocycles. The monoisotopic (exact) mass is 390 g/mol. The van der Waals surface area contributed by atoms with E-state index < -0.39 is 0 Å². The van der Waals surface area contributed by atoms with Crippen LogP contribution in [0, 0.1) is 0 Å². The molecule has 0 amide bonds. The Kier molecular flexibility index (Phi) is 8.66. The highest BCUT2D eigenvalue weighted by molar-refractivity contribution is 6.14. The molecule has 2 aromatic carbocycles. The second-order valence-corrected chi connectivity index (χ2v) is 6.94. The Morgan fingerprint density at radius 1 is 0.621 bits per heavy atom. The molecule has 152 valence electrons. The van der Waals surface area contributed by atoms with Gasteiger partial charge in [-0.15, -0.1) is 0 Å². The molecule has 0 heterocycles. The molecule has 0 radical (unpaired) electrons. The van der Waals surface area contributed by atoms with Gasteiger partial charge in [0.2, 0.25) is 0 Å². The van der Waals surface area contributed by atoms with Crippen molar-refractivity contribution in [3.63, 3.8) is 0 Å². The lowest BCUT2D eigenvalue weighted by molar-refractivity contribution is -0.103. The summed E-state index contributed by atoms with van der Waals surface area (Å²) in [6, 6.07) is 8.80. The van der Waals surface area contributed by atoms with Crippen molar-refractivity contribution in [3.8, 4) is 0 Å². The van der Waals surface area contributed by atoms with E-state index in [0.717, 1.165) is 78.3 Å². The summed E-state index contributed by atoms with van der Waals surface area (Å²) in [6.07, 6.45) is 8.39. The molecule has 2 rings (SSSR count). The van der Waals surface area contributed by atoms with Gasteiger partial charge < -0.3 is 0 Å². The summed E-state index contributed by atoms with van der Waals surface area (Å²) in [5.74, 6) is 0. The average Bonchev–Trinajstić information content (AvgIpc) is 2.75. The summed E-state index contributed by atoms with van der Waals surface area (Å²) < 4.78 is 0. The number of carbonyl (C=O) groups is 2. The second kappa shape index (κ2) is 11.2. The fraction of sp³-hybridized carbons (Fsp3) is 0.360. The Bertz CT molecular complexity index is 801. The van der Waals surface area contributed by atoms with Crippen LogP contribution < -0.4 is 0 Å². The summed E-state index contributed by atoms with van der Waals surface area (Å²) in [5, 5.41) is 0. The molecule has 0 unspecified atom stereocenters. The van der Waals surface area contributed by atoms with Crippen LogP contribution in [-0.4, -0.2) is 25.0 Å². The number of aryl methyl sites for hydroxylation is 4. The Morgan fingerprint density at radius 3 is 1.17 bits per heavy atom. The highest BCUT2D eigenvalue weighted by Crippen LogP contribution is 2.31. The standard InChI is InChI=1S/C25H30N2O2/c1-5-20-14-18(15-21(6-2)24(20)26-9-11-28)13-19-16-22(7-3)25(27-10-12-29)23(8-4)17-19/h9-12,14-17H,5-8,13H2,1-4H3. The van der Waals surface area contributed by atoms with Crippen LogP contribution in [0.15, 0.2) is 34.3 Å². The maximum atomic E-state index is 10.7. The number of hydrogen-bond donors (Lipinski definition) is 0. The van der Waals surface area contributed by atoms with E-state index in [4.69, 9.17) is 0 Å². The lowest BCUT2D eigenvalue weighted by Gasteiger charge is -2.15. The normalized spacial score (nSPS) is 11.4. The third-order valence-electron chi connectivity index (χ3n) is 5.12. The van der Waals surface area contributed by atoms with Gasteiger partial charge in [0.25, 0.3) is 0 Å². The Hall–Kier alpha value is -2.88. The molecule has 0 aliphatic carbocycles. The molecule has 0 aliphatic rings. The maximum Gasteiger partial charge on any atom is 0.161 e. The first-order chi connectivity index (χ1) is 14.1. The van der Waals surface area contributed by atoms with Gasteiger partial charge in [-0.05, 0) is 65.5 Å². The van der Waals surface area contributed by atoms with Gasteiger partial charge in [-0.3, -0.25) is 19.6 Å². The third kappa shape index (κ3) is 5.57. The second-order valence-electron chi connectivity index (χ2n) is 6.94. The van der Waals surface area contributed by atoms with E-state index in [1.807, 2.05) is 0 Å². The zero-order valence-electron chi connectivity index (χ0n) is 17.9. The molecule has 4 heteroatoms. The first kappa shape index (κ1) is 22.4. The first-order valence-electron chi connectivity index (χ1n) is 10.4. The lowest BCUT2D eigenvalue weighted by Crippen LogP contribution is -1.99. The van der Waals surface area contributed by atoms with E-state index in [1.165, 1.54) is 23.6 Å². The minimum absolute atomic E-state index is 0.722. The van der Waals surface area contributed by atoms with Gasteiger partial charge in [0.15, 0.2) is 12.6 Å². The van der Waals surface area contributed by atoms with Crippen molar-refractivity contribution in [2.45, 2.75) is 59.8 Å². The molecule has 4 nitrogen and oxygen atoms in total. The minimum Gasteiger partial charge on any atom is -0.297 e. The summed E-state index contributed by atoms with van der Waals surface area (Å²) in [4.78, 5) is 30.2. The number of aliphatic imine (C=N–C) groups is 2. The van der Waals surface area contributed by atoms with E-state index in [9.17, 15) is 9.59 Å². The van der Waals surface area contributed by atoms with E-state index in [-0.39, 0.29) is 0 Å². The number of nitrogens with zero attached hydrogens (tertiary/aromatic N) is 2. The summed E-state index contributed by atoms with van der Waals surface area (Å²) >= 11 is 0. The topological polar surface area (TPSA) is 58.9 Å². The van der Waals surface area contributed by atoms with Crippen LogP contribution >= 0.6 is 0 Å². The van der Waals surface area contributed by atoms with Gasteiger partial charge in [-0.1, -0.05) is 52.0 Å². The number of carbonyl (C=O) groups excluding carboxylic acids is 2. The Balaban J connectivity index is 2.50. The van der Waals surface area contributed by atoms with Gasteiger partial charge in [-0.2, -0.15) is 0 Å². The quantitative estimate of drug-likeness (QED) is 0.407. The largest absolute Gasteiger partial charge is 0.297 e. The van der Waals surface area contributed by atoms with Gasteiger partial charge in [-0.25, -0.2) is 0 Å². The zero-order chi connectivity index (χ0) is 21.2. The van der Waals surface area contributed by atoms with Crippen LogP contribution in [0.4, 0.5) is 11.4 Å². The zero-order valence-corrected chi connectivity index (χ0v) is 17.9. The molecule has 0 saturated heterocycles. The SMILES string of the molecule is CCc1cc(Cc2cc(CC)c(N=CC=O)c(CC)c2)cc(CC)c1N=CC=O. The first-order valence-corrected chi connectivity index (χ1v) is 10.4. The van der Waals surface area contributed by atoms with Crippen LogP contribution in [0.5, 0.6) is 0 Å². The van der Waals surface area contributed by atoms with Crippen molar-refractivity contribution in [2.75, 3.05) is 0 Å². The summed E-state index contributed by atoms with van der Waals surface area (Å²) in [5.41, 5.74) is 8.99. The molecular formula is C25H30N2O2. The summed E-state index contributed by atoms with van der Waals surface area (Å²) in [7, 11) is 0. The molecule has 0 saturated carbocycles. The Morgan fingerprint density at radius 2 is 0.931 bits per heavy atom. The van der Waals surface area contributed by atoms with Crippen LogP contribution in [-0.2, 0) is 41.7 Å². The molecule has 0 bridgehead atoms. The molecule has 0 aliphatic heterocycles. The molecule has 2 aromatic rings. The van der Waals surface area contributed by atoms with Gasteiger partial charge in [0.1, 0.15) is 0 Å². The van der Waals surface area contributed by atoms with E-state index in [0.29, 0.717) is 0 Å². The fourth-order valence-corrected chi connectivity index (χ4v) is 3.72. The van der Waals surface area contributed by atoms with Gasteiger partial charge >= 0.3 is 0 Å². The maximum absolute atomic E-state index is 10.7. The van der Waals surface area contributed by atoms with Crippen LogP contribution in [0.3, 0.4) is 0 Å². The predicted molar refractivity (Wildman–Crippen MR) is 122 cm³/mol. The summed E-state index contributed by atoms with van der Waals surface area (Å²) in [6.45, 7) is 8.46. The van der Waals surface area contributed by atoms with Crippen LogP contribution in [0.2, 0.25) is 0 Å². The van der Waals surface area contributed by atoms with E-state index in [2.05, 4.69) is 61.9 Å². The van der Waals surface area contributed by atoms with Crippen molar-refractivity contribution < 1.29 is 9.59 Å². The fourth-order valence-electron chi connectivity index (χ4n) is 3.72. The smallest absolute Gasteiger partial charge is 0.161 e. The molecule has 0 fully saturated rings. The lowest BCUT2D eigenvalue weighted by atomic mass is 9.92. The van der Waals surface area contributed by atoms with Crippen molar-refractivity contribution in [2.24, 2.45) is 9.98 Å². The van der Waals surface area contributed by atoms with Crippen molar-refractivity contribution >= 4 is 36.4 Å². The van der Waals surface area contributed by atoms with E-state index in [1.54, 1.807) is 0 Å². The number of benzene rings is 2.